The van der Waals surface area contributed by atoms with E-state index in [0.29, 0.717) is 0 Å². The lowest BCUT2D eigenvalue weighted by atomic mass is 10.0. The summed E-state index contributed by atoms with van der Waals surface area (Å²) in [5, 5.41) is 0. The van der Waals surface area contributed by atoms with Crippen molar-refractivity contribution < 1.29 is 4.74 Å². The number of imidazole rings is 1. The number of morpholine rings is 1. The van der Waals surface area contributed by atoms with Gasteiger partial charge < -0.3 is 9.30 Å². The first kappa shape index (κ1) is 19.2. The molecule has 146 valence electrons. The van der Waals surface area contributed by atoms with Crippen molar-refractivity contribution in [2.75, 3.05) is 39.1 Å². The smallest absolute Gasteiger partial charge is 0.0963 e. The summed E-state index contributed by atoms with van der Waals surface area (Å²) < 4.78 is 7.77. The molecule has 1 aromatic heterocycles. The van der Waals surface area contributed by atoms with Crippen LogP contribution in [0.2, 0.25) is 0 Å². The molecule has 3 aromatic rings. The van der Waals surface area contributed by atoms with Crippen molar-refractivity contribution in [2.24, 2.45) is 0 Å². The quantitative estimate of drug-likeness (QED) is 0.546. The average Bonchev–Trinajstić information content (AvgIpc) is 3.19. The second-order valence-corrected chi connectivity index (χ2v) is 7.92. The predicted octanol–water partition coefficient (Wildman–Crippen LogP) is 4.66. The number of aryl methyl sites for hydroxylation is 1. The number of ether oxygens (including phenoxy) is 1. The van der Waals surface area contributed by atoms with Gasteiger partial charge in [0.25, 0.3) is 0 Å². The summed E-state index contributed by atoms with van der Waals surface area (Å²) in [6.45, 7) is 5.88. The first-order chi connectivity index (χ1) is 13.8. The Kier molecular flexibility index (Phi) is 6.47. The number of hydrogen-bond donors (Lipinski definition) is 0. The van der Waals surface area contributed by atoms with E-state index in [1.807, 2.05) is 6.33 Å². The van der Waals surface area contributed by atoms with E-state index in [-0.39, 0.29) is 0 Å². The molecule has 5 heteroatoms. The number of rotatable bonds is 7. The van der Waals surface area contributed by atoms with Crippen LogP contribution in [0.3, 0.4) is 0 Å². The van der Waals surface area contributed by atoms with E-state index in [2.05, 4.69) is 70.3 Å². The highest BCUT2D eigenvalue weighted by Gasteiger charge is 2.16. The van der Waals surface area contributed by atoms with Gasteiger partial charge in [-0.1, -0.05) is 42.5 Å². The lowest BCUT2D eigenvalue weighted by molar-refractivity contribution is 0.0369. The van der Waals surface area contributed by atoms with Crippen LogP contribution in [0.1, 0.15) is 6.42 Å². The van der Waals surface area contributed by atoms with E-state index in [4.69, 9.17) is 9.72 Å². The summed E-state index contributed by atoms with van der Waals surface area (Å²) in [4.78, 5) is 8.58. The Hall–Kier alpha value is -2.08. The highest BCUT2D eigenvalue weighted by molar-refractivity contribution is 7.98. The first-order valence-corrected chi connectivity index (χ1v) is 11.1. The van der Waals surface area contributed by atoms with Crippen LogP contribution in [0, 0.1) is 0 Å². The number of hydrogen-bond acceptors (Lipinski definition) is 4. The molecular formula is C23H27N3OS. The summed E-state index contributed by atoms with van der Waals surface area (Å²) >= 11 is 1.77. The molecule has 1 saturated heterocycles. The molecule has 0 atom stereocenters. The third-order valence-electron chi connectivity index (χ3n) is 5.21. The van der Waals surface area contributed by atoms with E-state index in [0.717, 1.165) is 51.5 Å². The molecule has 0 aliphatic carbocycles. The number of nitrogens with zero attached hydrogens (tertiary/aromatic N) is 3. The van der Waals surface area contributed by atoms with Gasteiger partial charge in [-0.15, -0.1) is 11.8 Å². The molecule has 1 aliphatic rings. The maximum Gasteiger partial charge on any atom is 0.0963 e. The molecule has 2 heterocycles. The largest absolute Gasteiger partial charge is 0.379 e. The zero-order chi connectivity index (χ0) is 19.2. The van der Waals surface area contributed by atoms with E-state index >= 15 is 0 Å². The maximum atomic E-state index is 5.45. The van der Waals surface area contributed by atoms with Crippen molar-refractivity contribution in [3.05, 3.63) is 60.9 Å². The average molecular weight is 394 g/mol. The van der Waals surface area contributed by atoms with Gasteiger partial charge in [0.2, 0.25) is 0 Å². The minimum Gasteiger partial charge on any atom is -0.379 e. The fourth-order valence-corrected chi connectivity index (χ4v) is 4.18. The zero-order valence-corrected chi connectivity index (χ0v) is 17.2. The first-order valence-electron chi connectivity index (χ1n) is 9.90. The molecule has 2 aromatic carbocycles. The second-order valence-electron chi connectivity index (χ2n) is 7.04. The van der Waals surface area contributed by atoms with Gasteiger partial charge >= 0.3 is 0 Å². The van der Waals surface area contributed by atoms with Crippen molar-refractivity contribution in [1.82, 2.24) is 14.5 Å². The van der Waals surface area contributed by atoms with Crippen molar-refractivity contribution >= 4 is 11.8 Å². The Morgan fingerprint density at radius 2 is 1.75 bits per heavy atom. The number of thioether (sulfide) groups is 1. The SMILES string of the molecule is CSc1cccc(-c2ncn(CCCN3CCOCC3)c2-c2ccccc2)c1. The summed E-state index contributed by atoms with van der Waals surface area (Å²) in [6.07, 6.45) is 5.23. The van der Waals surface area contributed by atoms with E-state index in [1.165, 1.54) is 21.7 Å². The topological polar surface area (TPSA) is 30.3 Å². The lowest BCUT2D eigenvalue weighted by Gasteiger charge is -2.26. The van der Waals surface area contributed by atoms with Crippen molar-refractivity contribution in [3.8, 4) is 22.5 Å². The standard InChI is InChI=1S/C23H27N3OS/c1-28-21-10-5-9-20(17-21)22-23(19-7-3-2-4-8-19)26(18-24-22)12-6-11-25-13-15-27-16-14-25/h2-5,7-10,17-18H,6,11-16H2,1H3. The predicted molar refractivity (Wildman–Crippen MR) is 117 cm³/mol. The van der Waals surface area contributed by atoms with Gasteiger partial charge in [-0.3, -0.25) is 4.90 Å². The summed E-state index contributed by atoms with van der Waals surface area (Å²) in [7, 11) is 0. The summed E-state index contributed by atoms with van der Waals surface area (Å²) in [5.74, 6) is 0. The number of aromatic nitrogens is 2. The van der Waals surface area contributed by atoms with Crippen molar-refractivity contribution in [2.45, 2.75) is 17.9 Å². The minimum absolute atomic E-state index is 0.857. The fraction of sp³-hybridized carbons (Fsp3) is 0.348. The highest BCUT2D eigenvalue weighted by Crippen LogP contribution is 2.33. The maximum absolute atomic E-state index is 5.45. The Morgan fingerprint density at radius 3 is 2.54 bits per heavy atom. The molecule has 0 unspecified atom stereocenters. The van der Waals surface area contributed by atoms with Crippen LogP contribution in [-0.4, -0.2) is 53.6 Å². The Balaban J connectivity index is 1.60. The fourth-order valence-electron chi connectivity index (χ4n) is 3.72. The monoisotopic (exact) mass is 393 g/mol. The lowest BCUT2D eigenvalue weighted by Crippen LogP contribution is -2.37. The molecule has 28 heavy (non-hydrogen) atoms. The molecule has 1 fully saturated rings. The van der Waals surface area contributed by atoms with Gasteiger partial charge in [0.1, 0.15) is 0 Å². The van der Waals surface area contributed by atoms with Gasteiger partial charge in [0.15, 0.2) is 0 Å². The zero-order valence-electron chi connectivity index (χ0n) is 16.4. The van der Waals surface area contributed by atoms with Gasteiger partial charge in [-0.05, 0) is 24.8 Å². The minimum atomic E-state index is 0.857. The van der Waals surface area contributed by atoms with E-state index in [9.17, 15) is 0 Å². The van der Waals surface area contributed by atoms with Crippen LogP contribution in [0.4, 0.5) is 0 Å². The Morgan fingerprint density at radius 1 is 0.964 bits per heavy atom. The van der Waals surface area contributed by atoms with Crippen LogP contribution in [0.5, 0.6) is 0 Å². The molecule has 0 spiro atoms. The molecule has 4 rings (SSSR count). The van der Waals surface area contributed by atoms with Crippen molar-refractivity contribution in [1.29, 1.82) is 0 Å². The summed E-state index contributed by atoms with van der Waals surface area (Å²) in [5.41, 5.74) is 4.67. The van der Waals surface area contributed by atoms with Crippen molar-refractivity contribution in [3.63, 3.8) is 0 Å². The molecule has 0 amide bonds. The van der Waals surface area contributed by atoms with Gasteiger partial charge in [0, 0.05) is 42.2 Å². The van der Waals surface area contributed by atoms with E-state index in [1.54, 1.807) is 11.8 Å². The van der Waals surface area contributed by atoms with E-state index < -0.39 is 0 Å². The van der Waals surface area contributed by atoms with Crippen LogP contribution >= 0.6 is 11.8 Å². The molecule has 1 aliphatic heterocycles. The summed E-state index contributed by atoms with van der Waals surface area (Å²) in [6, 6.07) is 19.3. The van der Waals surface area contributed by atoms with Crippen LogP contribution < -0.4 is 0 Å². The highest BCUT2D eigenvalue weighted by atomic mass is 32.2. The second kappa shape index (κ2) is 9.41. The molecular weight excluding hydrogens is 366 g/mol. The Labute approximate surface area is 171 Å². The van der Waals surface area contributed by atoms with Gasteiger partial charge in [-0.25, -0.2) is 4.98 Å². The van der Waals surface area contributed by atoms with Gasteiger partial charge in [-0.2, -0.15) is 0 Å². The molecule has 0 radical (unpaired) electrons. The van der Waals surface area contributed by atoms with Crippen LogP contribution in [0.15, 0.2) is 65.8 Å². The van der Waals surface area contributed by atoms with Crippen LogP contribution in [-0.2, 0) is 11.3 Å². The molecule has 0 N–H and O–H groups in total. The third kappa shape index (κ3) is 4.49. The molecule has 0 saturated carbocycles. The van der Waals surface area contributed by atoms with Gasteiger partial charge in [0.05, 0.1) is 30.9 Å². The normalized spacial score (nSPS) is 15.0. The molecule has 4 nitrogen and oxygen atoms in total. The molecule has 0 bridgehead atoms. The third-order valence-corrected chi connectivity index (χ3v) is 5.93. The van der Waals surface area contributed by atoms with Crippen LogP contribution in [0.25, 0.3) is 22.5 Å². The number of benzene rings is 2. The Bertz CT molecular complexity index is 888.